The number of aromatic hydroxyl groups is 6. The molecule has 6 aliphatic rings. The summed E-state index contributed by atoms with van der Waals surface area (Å²) in [6, 6.07) is 9.40. The number of ether oxygens (including phenoxy) is 3. The fourth-order valence-electron chi connectivity index (χ4n) is 11.2. The molecule has 0 aliphatic carbocycles. The smallest absolute Gasteiger partial charge is 0.248 e. The van der Waals surface area contributed by atoms with Gasteiger partial charge in [-0.3, -0.25) is 33.6 Å². The van der Waals surface area contributed by atoms with Gasteiger partial charge in [0.05, 0.1) is 10.0 Å². The van der Waals surface area contributed by atoms with Gasteiger partial charge in [0.2, 0.25) is 47.1 Å². The number of aliphatic hydroxyl groups is 1. The molecule has 476 valence electrons. The van der Waals surface area contributed by atoms with Crippen LogP contribution in [0, 0.1) is 0 Å². The molecule has 0 saturated heterocycles. The number of fused-ring (bicyclic) bond motifs is 14. The van der Waals surface area contributed by atoms with E-state index in [1.807, 2.05) is 0 Å². The van der Waals surface area contributed by atoms with Crippen molar-refractivity contribution < 1.29 is 83.5 Å². The number of hydrogen-bond donors (Lipinski definition) is 16. The molecule has 0 radical (unpaired) electrons. The Labute approximate surface area is 532 Å². The standard InChI is InChI=1S/C64H59Cl2N9O17/c65-38-15-27-5-11-44(38)91-47-22-32-23-48(57(47)82)92-45-12-8-30(20-39(45)66)56(81)55-64(89)74-54(60(85)69-14-4-2-1-3-13-67)37-25-34(77)26-43(80)49(37)36-19-29(7-9-41(36)78)51(61(86)75-55)72-63(88)53(32)73-62(87)52-31-17-33(76)24-35(18-31)90-46-21-28(6-10-42(46)79)50(68)59(84)70-40(16-27)58(83)71-52/h5-12,15,17-26,40,50-56,76-82H,1-4,13-14,16,67-68H2,(H,69,85)(H,70,84)(H,71,83)(H,72,88)(H,73,87)(H,74,89)(H,75,86)/t40-,50-,51-,52+,53-,54+,55+,56-/m1/s1. The Bertz CT molecular complexity index is 4170. The van der Waals surface area contributed by atoms with Crippen LogP contribution in [0.1, 0.15) is 101 Å². The predicted molar refractivity (Wildman–Crippen MR) is 328 cm³/mol. The molecule has 6 heterocycles. The number of phenols is 6. The quantitative estimate of drug-likeness (QED) is 0.0871. The van der Waals surface area contributed by atoms with E-state index in [0.29, 0.717) is 24.9 Å². The number of nitrogens with one attached hydrogen (secondary N) is 7. The van der Waals surface area contributed by atoms with Crippen molar-refractivity contribution in [3.8, 4) is 80.1 Å². The molecule has 18 N–H and O–H groups in total. The van der Waals surface area contributed by atoms with E-state index in [9.17, 15) is 50.1 Å². The van der Waals surface area contributed by atoms with Gasteiger partial charge < -0.3 is 98.6 Å². The molecule has 92 heavy (non-hydrogen) atoms. The van der Waals surface area contributed by atoms with Crippen molar-refractivity contribution in [1.29, 1.82) is 0 Å². The summed E-state index contributed by atoms with van der Waals surface area (Å²) in [5.74, 6) is -13.4. The SMILES string of the molecule is NCCCCCCNC(=O)[C@H]1NC(=O)[C@H]2NC(=O)[C@H](NC(=O)[C@@H]3NC(=O)[C@H]4NC(=O)[C@@H](Cc5ccc(c(Cl)c5)Oc5cc3cc(c5O)Oc3ccc(cc3Cl)[C@H]2O)NC(=O)[C@H](N)c2ccc(O)c(c2)Oc2cc(O)cc4c2)c2ccc(O)c(c2)-c2c(O)cc(O)cc21. The molecule has 0 fully saturated rings. The minimum Gasteiger partial charge on any atom is -0.508 e. The molecule has 7 amide bonds. The van der Waals surface area contributed by atoms with Gasteiger partial charge in [0, 0.05) is 36.2 Å². The Kier molecular flexibility index (Phi) is 17.9. The molecule has 0 saturated carbocycles. The number of phenolic OH excluding ortho intramolecular Hbond substituents is 6. The van der Waals surface area contributed by atoms with Crippen LogP contribution in [0.3, 0.4) is 0 Å². The topological polar surface area (TPSA) is 425 Å². The van der Waals surface area contributed by atoms with E-state index in [4.69, 9.17) is 48.9 Å². The number of benzene rings is 7. The van der Waals surface area contributed by atoms with Crippen molar-refractivity contribution in [2.45, 2.75) is 80.5 Å². The largest absolute Gasteiger partial charge is 0.508 e. The zero-order valence-electron chi connectivity index (χ0n) is 48.2. The van der Waals surface area contributed by atoms with Gasteiger partial charge in [-0.2, -0.15) is 0 Å². The molecule has 28 heteroatoms. The Balaban J connectivity index is 1.11. The van der Waals surface area contributed by atoms with Crippen molar-refractivity contribution in [3.63, 3.8) is 0 Å². The highest BCUT2D eigenvalue weighted by Gasteiger charge is 2.41. The van der Waals surface area contributed by atoms with Gasteiger partial charge in [0.25, 0.3) is 0 Å². The van der Waals surface area contributed by atoms with E-state index in [1.165, 1.54) is 66.7 Å². The van der Waals surface area contributed by atoms with Gasteiger partial charge in [-0.05, 0) is 137 Å². The average molecular weight is 1300 g/mol. The predicted octanol–water partition coefficient (Wildman–Crippen LogP) is 5.54. The number of carbonyl (C=O) groups is 7. The summed E-state index contributed by atoms with van der Waals surface area (Å²) in [5, 5.41) is 99.1. The van der Waals surface area contributed by atoms with Crippen LogP contribution in [0.15, 0.2) is 115 Å². The van der Waals surface area contributed by atoms with Gasteiger partial charge in [0.15, 0.2) is 23.0 Å². The normalized spacial score (nSPS) is 21.2. The number of aliphatic hydroxyl groups excluding tert-OH is 1. The maximum absolute atomic E-state index is 15.9. The van der Waals surface area contributed by atoms with Crippen LogP contribution in [0.25, 0.3) is 11.1 Å². The first-order valence-electron chi connectivity index (χ1n) is 28.8. The first-order valence-corrected chi connectivity index (χ1v) is 29.6. The van der Waals surface area contributed by atoms with Crippen molar-refractivity contribution in [2.75, 3.05) is 13.1 Å². The second-order valence-corrected chi connectivity index (χ2v) is 23.1. The van der Waals surface area contributed by atoms with Gasteiger partial charge in [0.1, 0.15) is 88.6 Å². The molecule has 6 aliphatic heterocycles. The summed E-state index contributed by atoms with van der Waals surface area (Å²) in [6.07, 6.45) is 0.187. The number of carbonyl (C=O) groups excluding carboxylic acids is 7. The average Bonchev–Trinajstić information content (AvgIpc) is 0.781. The van der Waals surface area contributed by atoms with E-state index in [0.717, 1.165) is 61.4 Å². The first-order chi connectivity index (χ1) is 44.0. The van der Waals surface area contributed by atoms with Crippen LogP contribution < -0.4 is 62.9 Å². The molecule has 0 spiro atoms. The van der Waals surface area contributed by atoms with E-state index < -0.39 is 136 Å². The van der Waals surface area contributed by atoms with Crippen LogP contribution in [-0.4, -0.2) is 102 Å². The summed E-state index contributed by atoms with van der Waals surface area (Å²) in [7, 11) is 0. The van der Waals surface area contributed by atoms with Crippen molar-refractivity contribution in [1.82, 2.24) is 37.2 Å². The Hall–Kier alpha value is -10.5. The minimum atomic E-state index is -2.15. The number of amides is 7. The minimum absolute atomic E-state index is 0.0747. The van der Waals surface area contributed by atoms with Crippen molar-refractivity contribution in [2.24, 2.45) is 11.5 Å². The summed E-state index contributed by atoms with van der Waals surface area (Å²) < 4.78 is 18.5. The molecule has 17 bridgehead atoms. The van der Waals surface area contributed by atoms with E-state index in [2.05, 4.69) is 37.2 Å². The third-order valence-corrected chi connectivity index (χ3v) is 16.5. The molecule has 7 aromatic rings. The van der Waals surface area contributed by atoms with E-state index in [1.54, 1.807) is 0 Å². The van der Waals surface area contributed by atoms with E-state index in [-0.39, 0.29) is 90.5 Å². The van der Waals surface area contributed by atoms with Crippen molar-refractivity contribution in [3.05, 3.63) is 164 Å². The molecule has 0 unspecified atom stereocenters. The van der Waals surface area contributed by atoms with Crippen LogP contribution >= 0.6 is 23.2 Å². The monoisotopic (exact) mass is 1300 g/mol. The molecule has 13 rings (SSSR count). The van der Waals surface area contributed by atoms with Crippen LogP contribution in [-0.2, 0) is 40.0 Å². The van der Waals surface area contributed by atoms with E-state index >= 15 is 19.2 Å². The number of halogens is 2. The van der Waals surface area contributed by atoms with Crippen LogP contribution in [0.2, 0.25) is 10.0 Å². The molecule has 26 nitrogen and oxygen atoms in total. The number of hydrogen-bond acceptors (Lipinski definition) is 19. The second-order valence-electron chi connectivity index (χ2n) is 22.3. The second kappa shape index (κ2) is 26.1. The van der Waals surface area contributed by atoms with Crippen LogP contribution in [0.4, 0.5) is 0 Å². The zero-order valence-corrected chi connectivity index (χ0v) is 49.7. The van der Waals surface area contributed by atoms with Gasteiger partial charge in [-0.25, -0.2) is 0 Å². The highest BCUT2D eigenvalue weighted by atomic mass is 35.5. The number of rotatable bonds is 7. The summed E-state index contributed by atoms with van der Waals surface area (Å²) in [5.41, 5.74) is 10.7. The Morgan fingerprint density at radius 3 is 1.82 bits per heavy atom. The van der Waals surface area contributed by atoms with Gasteiger partial charge in [-0.15, -0.1) is 0 Å². The number of unbranched alkanes of at least 4 members (excludes halogenated alkanes) is 3. The van der Waals surface area contributed by atoms with Gasteiger partial charge >= 0.3 is 0 Å². The Morgan fingerprint density at radius 2 is 1.12 bits per heavy atom. The fraction of sp³-hybridized carbons (Fsp3) is 0.234. The first kappa shape index (κ1) is 63.1. The maximum atomic E-state index is 15.9. The summed E-state index contributed by atoms with van der Waals surface area (Å²) in [4.78, 5) is 106. The lowest BCUT2D eigenvalue weighted by Gasteiger charge is -2.31. The molecule has 8 atom stereocenters. The van der Waals surface area contributed by atoms with Gasteiger partial charge in [-0.1, -0.05) is 60.3 Å². The highest BCUT2D eigenvalue weighted by molar-refractivity contribution is 6.32. The molecule has 7 aromatic carbocycles. The number of nitrogens with two attached hydrogens (primary N) is 2. The third kappa shape index (κ3) is 13.1. The lowest BCUT2D eigenvalue weighted by molar-refractivity contribution is -0.137. The highest BCUT2D eigenvalue weighted by Crippen LogP contribution is 2.48. The van der Waals surface area contributed by atoms with Crippen molar-refractivity contribution >= 4 is 64.6 Å². The Morgan fingerprint density at radius 1 is 0.522 bits per heavy atom. The summed E-state index contributed by atoms with van der Waals surface area (Å²) in [6.45, 7) is 0.528. The lowest BCUT2D eigenvalue weighted by atomic mass is 9.89. The van der Waals surface area contributed by atoms with Crippen LogP contribution in [0.5, 0.6) is 69.0 Å². The zero-order chi connectivity index (χ0) is 65.4. The summed E-state index contributed by atoms with van der Waals surface area (Å²) >= 11 is 13.8. The lowest BCUT2D eigenvalue weighted by Crippen LogP contribution is -2.56. The molecule has 0 aromatic heterocycles. The molecular weight excluding hydrogens is 1240 g/mol. The third-order valence-electron chi connectivity index (χ3n) is 15.9. The maximum Gasteiger partial charge on any atom is 0.248 e. The fourth-order valence-corrected chi connectivity index (χ4v) is 11.6. The molecular formula is C64H59Cl2N9O17.